The van der Waals surface area contributed by atoms with Gasteiger partial charge in [0.25, 0.3) is 5.91 Å². The molecule has 2 aliphatic rings. The average Bonchev–Trinajstić information content (AvgIpc) is 3.15. The third-order valence-corrected chi connectivity index (χ3v) is 5.01. The van der Waals surface area contributed by atoms with Crippen LogP contribution in [0.1, 0.15) is 58.8 Å². The predicted molar refractivity (Wildman–Crippen MR) is 87.5 cm³/mol. The van der Waals surface area contributed by atoms with Crippen molar-refractivity contribution in [1.29, 1.82) is 0 Å². The Labute approximate surface area is 136 Å². The van der Waals surface area contributed by atoms with Crippen molar-refractivity contribution in [3.05, 3.63) is 47.3 Å². The van der Waals surface area contributed by atoms with Gasteiger partial charge in [0.2, 0.25) is 0 Å². The highest BCUT2D eigenvalue weighted by atomic mass is 16.2. The lowest BCUT2D eigenvalue weighted by molar-refractivity contribution is 0.0786. The lowest BCUT2D eigenvalue weighted by Gasteiger charge is -2.20. The number of aromatic nitrogens is 3. The minimum atomic E-state index is 0.101. The van der Waals surface area contributed by atoms with Crippen LogP contribution in [0, 0.1) is 13.8 Å². The van der Waals surface area contributed by atoms with Gasteiger partial charge >= 0.3 is 0 Å². The van der Waals surface area contributed by atoms with Crippen LogP contribution in [0.15, 0.2) is 24.5 Å². The molecule has 1 saturated carbocycles. The van der Waals surface area contributed by atoms with Gasteiger partial charge in [-0.3, -0.25) is 9.78 Å². The number of amides is 1. The zero-order valence-corrected chi connectivity index (χ0v) is 13.7. The van der Waals surface area contributed by atoms with Gasteiger partial charge < -0.3 is 9.47 Å². The molecule has 2 aromatic rings. The fourth-order valence-electron chi connectivity index (χ4n) is 3.60. The monoisotopic (exact) mass is 310 g/mol. The standard InChI is InChI=1S/C18H22N4O/c1-12-10-20-17(14-5-6-14)22(12)15-7-9-21(11-15)18(23)16-4-3-8-19-13(16)2/h3-4,8,10,14-15H,5-7,9,11H2,1-2H3. The Kier molecular flexibility index (Phi) is 3.43. The van der Waals surface area contributed by atoms with Crippen LogP contribution >= 0.6 is 0 Å². The van der Waals surface area contributed by atoms with Crippen LogP contribution in [0.4, 0.5) is 0 Å². The van der Waals surface area contributed by atoms with Crippen molar-refractivity contribution in [2.24, 2.45) is 0 Å². The van der Waals surface area contributed by atoms with E-state index in [0.717, 1.165) is 30.8 Å². The fourth-order valence-corrected chi connectivity index (χ4v) is 3.60. The number of likely N-dealkylation sites (tertiary alicyclic amines) is 1. The normalized spacial score (nSPS) is 21.0. The highest BCUT2D eigenvalue weighted by molar-refractivity contribution is 5.95. The van der Waals surface area contributed by atoms with Gasteiger partial charge in [0, 0.05) is 42.8 Å². The first-order chi connectivity index (χ1) is 11.1. The summed E-state index contributed by atoms with van der Waals surface area (Å²) < 4.78 is 2.38. The predicted octanol–water partition coefficient (Wildman–Crippen LogP) is 2.86. The molecule has 1 amide bonds. The smallest absolute Gasteiger partial charge is 0.255 e. The number of hydrogen-bond acceptors (Lipinski definition) is 3. The Morgan fingerprint density at radius 2 is 2.04 bits per heavy atom. The number of aryl methyl sites for hydroxylation is 2. The number of rotatable bonds is 3. The third-order valence-electron chi connectivity index (χ3n) is 5.01. The van der Waals surface area contributed by atoms with Crippen LogP contribution < -0.4 is 0 Å². The molecule has 5 nitrogen and oxygen atoms in total. The molecule has 23 heavy (non-hydrogen) atoms. The molecule has 120 valence electrons. The summed E-state index contributed by atoms with van der Waals surface area (Å²) in [4.78, 5) is 23.6. The first-order valence-electron chi connectivity index (χ1n) is 8.39. The lowest BCUT2D eigenvalue weighted by Crippen LogP contribution is -2.30. The minimum absolute atomic E-state index is 0.101. The Morgan fingerprint density at radius 1 is 1.22 bits per heavy atom. The summed E-state index contributed by atoms with van der Waals surface area (Å²) in [6, 6.07) is 4.06. The number of pyridine rings is 1. The third kappa shape index (κ3) is 2.54. The summed E-state index contributed by atoms with van der Waals surface area (Å²) in [6.45, 7) is 5.59. The molecule has 1 saturated heterocycles. The van der Waals surface area contributed by atoms with Crippen molar-refractivity contribution in [2.75, 3.05) is 13.1 Å². The highest BCUT2D eigenvalue weighted by Crippen LogP contribution is 2.41. The van der Waals surface area contributed by atoms with Crippen LogP contribution in [0.25, 0.3) is 0 Å². The largest absolute Gasteiger partial charge is 0.336 e. The fraction of sp³-hybridized carbons (Fsp3) is 0.500. The van der Waals surface area contributed by atoms with E-state index >= 15 is 0 Å². The summed E-state index contributed by atoms with van der Waals surface area (Å²) in [5.41, 5.74) is 2.74. The van der Waals surface area contributed by atoms with E-state index in [-0.39, 0.29) is 5.91 Å². The Hall–Kier alpha value is -2.17. The molecule has 0 radical (unpaired) electrons. The number of nitrogens with zero attached hydrogens (tertiary/aromatic N) is 4. The van der Waals surface area contributed by atoms with E-state index in [9.17, 15) is 4.79 Å². The SMILES string of the molecule is Cc1ncccc1C(=O)N1CCC(n2c(C)cnc2C2CC2)C1. The maximum absolute atomic E-state index is 12.8. The summed E-state index contributed by atoms with van der Waals surface area (Å²) in [5, 5.41) is 0. The summed E-state index contributed by atoms with van der Waals surface area (Å²) in [5.74, 6) is 1.96. The van der Waals surface area contributed by atoms with Crippen molar-refractivity contribution >= 4 is 5.91 Å². The number of carbonyl (C=O) groups is 1. The zero-order valence-electron chi connectivity index (χ0n) is 13.7. The zero-order chi connectivity index (χ0) is 16.0. The van der Waals surface area contributed by atoms with Crippen molar-refractivity contribution in [1.82, 2.24) is 19.4 Å². The Bertz CT molecular complexity index is 747. The molecule has 0 spiro atoms. The van der Waals surface area contributed by atoms with E-state index in [4.69, 9.17) is 0 Å². The molecule has 0 aromatic carbocycles. The molecule has 1 unspecified atom stereocenters. The average molecular weight is 310 g/mol. The summed E-state index contributed by atoms with van der Waals surface area (Å²) >= 11 is 0. The molecule has 0 N–H and O–H groups in total. The van der Waals surface area contributed by atoms with Gasteiger partial charge in [-0.2, -0.15) is 0 Å². The summed E-state index contributed by atoms with van der Waals surface area (Å²) in [6.07, 6.45) is 7.21. The van der Waals surface area contributed by atoms with Crippen molar-refractivity contribution in [3.63, 3.8) is 0 Å². The van der Waals surface area contributed by atoms with Gasteiger partial charge in [-0.05, 0) is 45.2 Å². The maximum Gasteiger partial charge on any atom is 0.255 e. The first kappa shape index (κ1) is 14.4. The van der Waals surface area contributed by atoms with Gasteiger partial charge in [-0.15, -0.1) is 0 Å². The van der Waals surface area contributed by atoms with E-state index in [0.29, 0.717) is 12.0 Å². The molecular weight excluding hydrogens is 288 g/mol. The van der Waals surface area contributed by atoms with E-state index in [1.807, 2.05) is 30.2 Å². The number of hydrogen-bond donors (Lipinski definition) is 0. The van der Waals surface area contributed by atoms with Crippen LogP contribution in [-0.2, 0) is 0 Å². The highest BCUT2D eigenvalue weighted by Gasteiger charge is 2.34. The van der Waals surface area contributed by atoms with Gasteiger partial charge in [0.05, 0.1) is 11.6 Å². The molecule has 1 atom stereocenters. The molecule has 0 bridgehead atoms. The quantitative estimate of drug-likeness (QED) is 0.876. The number of carbonyl (C=O) groups excluding carboxylic acids is 1. The maximum atomic E-state index is 12.8. The van der Waals surface area contributed by atoms with Crippen molar-refractivity contribution in [3.8, 4) is 0 Å². The summed E-state index contributed by atoms with van der Waals surface area (Å²) in [7, 11) is 0. The molecule has 1 aliphatic heterocycles. The molecule has 2 aromatic heterocycles. The molecule has 4 rings (SSSR count). The van der Waals surface area contributed by atoms with Crippen molar-refractivity contribution < 1.29 is 4.79 Å². The Balaban J connectivity index is 1.55. The second-order valence-corrected chi connectivity index (χ2v) is 6.73. The molecule has 3 heterocycles. The Morgan fingerprint density at radius 3 is 2.78 bits per heavy atom. The first-order valence-corrected chi connectivity index (χ1v) is 8.39. The van der Waals surface area contributed by atoms with Crippen molar-refractivity contribution in [2.45, 2.75) is 45.1 Å². The number of imidazole rings is 1. The topological polar surface area (TPSA) is 51.0 Å². The van der Waals surface area contributed by atoms with Gasteiger partial charge in [-0.1, -0.05) is 0 Å². The van der Waals surface area contributed by atoms with Gasteiger partial charge in [0.15, 0.2) is 0 Å². The van der Waals surface area contributed by atoms with Gasteiger partial charge in [0.1, 0.15) is 5.82 Å². The molecule has 5 heteroatoms. The van der Waals surface area contributed by atoms with E-state index < -0.39 is 0 Å². The second-order valence-electron chi connectivity index (χ2n) is 6.73. The molecule has 1 aliphatic carbocycles. The van der Waals surface area contributed by atoms with Gasteiger partial charge in [-0.25, -0.2) is 4.98 Å². The lowest BCUT2D eigenvalue weighted by atomic mass is 10.2. The molecular formula is C18H22N4O. The van der Waals surface area contributed by atoms with Crippen LogP contribution in [0.3, 0.4) is 0 Å². The van der Waals surface area contributed by atoms with Crippen LogP contribution in [-0.4, -0.2) is 38.4 Å². The minimum Gasteiger partial charge on any atom is -0.336 e. The van der Waals surface area contributed by atoms with E-state index in [2.05, 4.69) is 21.5 Å². The van der Waals surface area contributed by atoms with E-state index in [1.54, 1.807) is 6.20 Å². The molecule has 2 fully saturated rings. The van der Waals surface area contributed by atoms with E-state index in [1.165, 1.54) is 24.4 Å². The van der Waals surface area contributed by atoms with Crippen LogP contribution in [0.2, 0.25) is 0 Å². The second kappa shape index (κ2) is 5.48. The van der Waals surface area contributed by atoms with Crippen LogP contribution in [0.5, 0.6) is 0 Å².